The van der Waals surface area contributed by atoms with Crippen LogP contribution in [0.15, 0.2) is 42.7 Å². The molecular weight excluding hydrogens is 649 g/mol. The van der Waals surface area contributed by atoms with Crippen LogP contribution in [-0.4, -0.2) is 104 Å². The molecule has 0 bridgehead atoms. The Balaban J connectivity index is 0.000000413. The van der Waals surface area contributed by atoms with Crippen LogP contribution in [0, 0.1) is 17.2 Å². The van der Waals surface area contributed by atoms with E-state index < -0.39 is 36.4 Å². The van der Waals surface area contributed by atoms with Gasteiger partial charge in [0.25, 0.3) is 0 Å². The Hall–Kier alpha value is -4.38. The highest BCUT2D eigenvalue weighted by atomic mass is 19.4. The second-order valence-electron chi connectivity index (χ2n) is 9.86. The van der Waals surface area contributed by atoms with Crippen LogP contribution in [0.5, 0.6) is 0 Å². The third-order valence-corrected chi connectivity index (χ3v) is 6.60. The summed E-state index contributed by atoms with van der Waals surface area (Å²) < 4.78 is 97.3. The van der Waals surface area contributed by atoms with Crippen molar-refractivity contribution in [2.45, 2.75) is 56.5 Å². The Morgan fingerprint density at radius 1 is 0.935 bits per heavy atom. The smallest absolute Gasteiger partial charge is 0.475 e. The number of carboxylic acid groups (broad SMARTS) is 3. The Kier molecular flexibility index (Phi) is 14.5. The number of alkyl halides is 9. The minimum absolute atomic E-state index is 0.580. The van der Waals surface area contributed by atoms with Gasteiger partial charge in [-0.15, -0.1) is 0 Å². The van der Waals surface area contributed by atoms with Gasteiger partial charge in [0.05, 0.1) is 18.2 Å². The van der Waals surface area contributed by atoms with Gasteiger partial charge in [0.2, 0.25) is 0 Å². The fourth-order valence-electron chi connectivity index (χ4n) is 4.62. The molecule has 1 aromatic carbocycles. The molecule has 0 radical (unpaired) electrons. The molecule has 2 fully saturated rings. The number of piperidine rings is 1. The van der Waals surface area contributed by atoms with Gasteiger partial charge in [-0.2, -0.15) is 49.9 Å². The summed E-state index contributed by atoms with van der Waals surface area (Å²) in [5.41, 5.74) is 2.00. The Labute approximate surface area is 255 Å². The van der Waals surface area contributed by atoms with Crippen molar-refractivity contribution in [3.8, 4) is 6.07 Å². The molecule has 11 nitrogen and oxygen atoms in total. The maximum Gasteiger partial charge on any atom is 0.490 e. The molecule has 46 heavy (non-hydrogen) atoms. The van der Waals surface area contributed by atoms with Crippen molar-refractivity contribution in [1.82, 2.24) is 19.6 Å². The topological polar surface area (TPSA) is 160 Å². The van der Waals surface area contributed by atoms with E-state index >= 15 is 0 Å². The summed E-state index contributed by atoms with van der Waals surface area (Å²) in [6.07, 6.45) is -8.85. The lowest BCUT2D eigenvalue weighted by Crippen LogP contribution is -2.45. The lowest BCUT2D eigenvalue weighted by atomic mass is 9.92. The molecule has 0 amide bonds. The van der Waals surface area contributed by atoms with Gasteiger partial charge >= 0.3 is 36.4 Å². The highest BCUT2D eigenvalue weighted by molar-refractivity contribution is 5.73. The van der Waals surface area contributed by atoms with Crippen molar-refractivity contribution in [3.05, 3.63) is 53.9 Å². The van der Waals surface area contributed by atoms with E-state index in [0.29, 0.717) is 12.1 Å². The molecule has 2 saturated heterocycles. The van der Waals surface area contributed by atoms with E-state index in [4.69, 9.17) is 35.0 Å². The minimum atomic E-state index is -5.08. The lowest BCUT2D eigenvalue weighted by molar-refractivity contribution is -0.193. The zero-order valence-electron chi connectivity index (χ0n) is 23.7. The average Bonchev–Trinajstić information content (AvgIpc) is 3.56. The van der Waals surface area contributed by atoms with Gasteiger partial charge < -0.3 is 15.3 Å². The first kappa shape index (κ1) is 39.6. The molecule has 256 valence electrons. The number of aliphatic carboxylic acids is 3. The molecule has 3 heterocycles. The van der Waals surface area contributed by atoms with Gasteiger partial charge in [-0.1, -0.05) is 12.1 Å². The summed E-state index contributed by atoms with van der Waals surface area (Å²) in [7, 11) is 2.28. The largest absolute Gasteiger partial charge is 0.490 e. The van der Waals surface area contributed by atoms with Gasteiger partial charge in [0.15, 0.2) is 0 Å². The minimum Gasteiger partial charge on any atom is -0.475 e. The number of likely N-dealkylation sites (N-methyl/N-ethyl adjacent to an activating group) is 1. The van der Waals surface area contributed by atoms with Crippen LogP contribution in [0.1, 0.15) is 24.0 Å². The molecule has 0 aliphatic carbocycles. The molecule has 20 heteroatoms. The quantitative estimate of drug-likeness (QED) is 0.400. The van der Waals surface area contributed by atoms with Crippen molar-refractivity contribution in [2.75, 3.05) is 20.1 Å². The molecule has 2 aliphatic heterocycles. The van der Waals surface area contributed by atoms with Crippen molar-refractivity contribution in [2.24, 2.45) is 5.92 Å². The summed E-state index contributed by atoms with van der Waals surface area (Å²) in [5, 5.41) is 34.8. The fraction of sp³-hybridized carbons (Fsp3) is 0.500. The zero-order chi connectivity index (χ0) is 35.5. The number of likely N-dealkylation sites (tertiary alicyclic amines) is 2. The van der Waals surface area contributed by atoms with E-state index in [1.165, 1.54) is 18.4 Å². The van der Waals surface area contributed by atoms with E-state index in [1.54, 1.807) is 0 Å². The Morgan fingerprint density at radius 2 is 1.46 bits per heavy atom. The lowest BCUT2D eigenvalue weighted by Gasteiger charge is -2.37. The first-order chi connectivity index (χ1) is 21.1. The molecule has 0 spiro atoms. The summed E-state index contributed by atoms with van der Waals surface area (Å²) in [4.78, 5) is 31.8. The van der Waals surface area contributed by atoms with Crippen LogP contribution in [-0.2, 0) is 27.5 Å². The number of nitriles is 1. The Bertz CT molecular complexity index is 1270. The second-order valence-corrected chi connectivity index (χ2v) is 9.86. The highest BCUT2D eigenvalue weighted by Crippen LogP contribution is 2.35. The van der Waals surface area contributed by atoms with Crippen LogP contribution in [0.3, 0.4) is 0 Å². The van der Waals surface area contributed by atoms with Crippen LogP contribution < -0.4 is 0 Å². The molecule has 2 aromatic rings. The van der Waals surface area contributed by atoms with Crippen molar-refractivity contribution < 1.29 is 69.2 Å². The molecule has 4 rings (SSSR count). The van der Waals surface area contributed by atoms with Crippen LogP contribution in [0.25, 0.3) is 0 Å². The standard InChI is InChI=1S/C20H25N5.3C2HF3O2/c1-23-19(15-25-8-3-7-22-25)11-18-14-24(9-6-20(18)23)13-17-5-2-4-16(10-17)12-21;3*3-2(4,5)1(6)7/h2-5,7-8,10,18-20H,6,9,11,13-15H2,1H3;3*(H,6,7)/t18-,19?,20+;;;/m1.../s1. The van der Waals surface area contributed by atoms with Gasteiger partial charge in [-0.3, -0.25) is 14.5 Å². The number of benzene rings is 1. The third-order valence-electron chi connectivity index (χ3n) is 6.60. The molecule has 3 N–H and O–H groups in total. The number of rotatable bonds is 4. The summed E-state index contributed by atoms with van der Waals surface area (Å²) in [6.45, 7) is 4.23. The van der Waals surface area contributed by atoms with Crippen LogP contribution >= 0.6 is 0 Å². The average molecular weight is 678 g/mol. The molecular formula is C26H28F9N5O6. The maximum absolute atomic E-state index is 10.6. The van der Waals surface area contributed by atoms with E-state index in [-0.39, 0.29) is 0 Å². The van der Waals surface area contributed by atoms with E-state index in [2.05, 4.69) is 45.0 Å². The molecule has 1 unspecified atom stereocenters. The summed E-state index contributed by atoms with van der Waals surface area (Å²) in [5.74, 6) is -7.54. The first-order valence-electron chi connectivity index (χ1n) is 12.9. The normalized spacial score (nSPS) is 19.9. The molecule has 3 atom stereocenters. The van der Waals surface area contributed by atoms with E-state index in [9.17, 15) is 39.5 Å². The van der Waals surface area contributed by atoms with E-state index in [0.717, 1.165) is 37.7 Å². The Morgan fingerprint density at radius 3 is 1.89 bits per heavy atom. The van der Waals surface area contributed by atoms with Gasteiger partial charge in [0.1, 0.15) is 0 Å². The summed E-state index contributed by atoms with van der Waals surface area (Å²) >= 11 is 0. The number of carboxylic acids is 3. The maximum atomic E-state index is 10.6. The van der Waals surface area contributed by atoms with Crippen LogP contribution in [0.2, 0.25) is 0 Å². The fourth-order valence-corrected chi connectivity index (χ4v) is 4.62. The van der Waals surface area contributed by atoms with Crippen LogP contribution in [0.4, 0.5) is 39.5 Å². The van der Waals surface area contributed by atoms with Gasteiger partial charge in [0, 0.05) is 37.6 Å². The van der Waals surface area contributed by atoms with Crippen molar-refractivity contribution >= 4 is 17.9 Å². The van der Waals surface area contributed by atoms with E-state index in [1.807, 2.05) is 30.5 Å². The highest BCUT2D eigenvalue weighted by Gasteiger charge is 2.42. The first-order valence-corrected chi connectivity index (χ1v) is 12.9. The molecule has 1 aromatic heterocycles. The molecule has 2 aliphatic rings. The SMILES string of the molecule is CN1C(Cn2cccn2)C[C@@H]2CN(Cc3cccc(C#N)c3)CC[C@@H]21.O=C(O)C(F)(F)F.O=C(O)C(F)(F)F.O=C(O)C(F)(F)F. The number of halogens is 9. The predicted molar refractivity (Wildman–Crippen MR) is 138 cm³/mol. The number of nitrogens with zero attached hydrogens (tertiary/aromatic N) is 5. The zero-order valence-corrected chi connectivity index (χ0v) is 23.7. The molecule has 0 saturated carbocycles. The number of hydrogen-bond donors (Lipinski definition) is 3. The number of aromatic nitrogens is 2. The van der Waals surface area contributed by atoms with Crippen molar-refractivity contribution in [1.29, 1.82) is 5.26 Å². The predicted octanol–water partition coefficient (Wildman–Crippen LogP) is 4.25. The second kappa shape index (κ2) is 16.8. The van der Waals surface area contributed by atoms with Gasteiger partial charge in [-0.05, 0) is 56.1 Å². The number of carbonyl (C=O) groups is 3. The van der Waals surface area contributed by atoms with Gasteiger partial charge in [-0.25, -0.2) is 14.4 Å². The van der Waals surface area contributed by atoms with Crippen molar-refractivity contribution in [3.63, 3.8) is 0 Å². The number of fused-ring (bicyclic) bond motifs is 1. The monoisotopic (exact) mass is 677 g/mol. The number of hydrogen-bond acceptors (Lipinski definition) is 7. The summed E-state index contributed by atoms with van der Waals surface area (Å²) in [6, 6.07) is 13.5. The third kappa shape index (κ3) is 13.7.